The second-order valence-electron chi connectivity index (χ2n) is 5.77. The normalized spacial score (nSPS) is 12.1. The third-order valence-corrected chi connectivity index (χ3v) is 5.40. The van der Waals surface area contributed by atoms with Crippen molar-refractivity contribution in [3.63, 3.8) is 0 Å². The Labute approximate surface area is 177 Å². The first-order valence-electron chi connectivity index (χ1n) is 7.96. The lowest BCUT2D eigenvalue weighted by Gasteiger charge is -2.12. The summed E-state index contributed by atoms with van der Waals surface area (Å²) in [6, 6.07) is 6.38. The highest BCUT2D eigenvalue weighted by Crippen LogP contribution is 2.31. The van der Waals surface area contributed by atoms with Crippen molar-refractivity contribution < 1.29 is 18.0 Å². The van der Waals surface area contributed by atoms with Gasteiger partial charge in [-0.15, -0.1) is 10.2 Å². The molecule has 0 fully saturated rings. The summed E-state index contributed by atoms with van der Waals surface area (Å²) in [5, 5.41) is 10.2. The largest absolute Gasteiger partial charge is 0.335 e. The Kier molecular flexibility index (Phi) is 6.25. The van der Waals surface area contributed by atoms with Crippen molar-refractivity contribution in [3.8, 4) is 11.4 Å². The molecule has 0 aliphatic heterocycles. The molecule has 0 aliphatic carbocycles. The Morgan fingerprint density at radius 2 is 1.90 bits per heavy atom. The van der Waals surface area contributed by atoms with Crippen LogP contribution in [0.1, 0.15) is 6.92 Å². The summed E-state index contributed by atoms with van der Waals surface area (Å²) >= 11 is 13.0. The maximum absolute atomic E-state index is 13.7. The molecular formula is C17H12Cl2F3N5OS. The van der Waals surface area contributed by atoms with E-state index in [9.17, 15) is 18.0 Å². The summed E-state index contributed by atoms with van der Waals surface area (Å²) in [5.74, 6) is 1.03. The molecule has 2 aromatic carbocycles. The van der Waals surface area contributed by atoms with Gasteiger partial charge in [-0.25, -0.2) is 17.8 Å². The van der Waals surface area contributed by atoms with Crippen LogP contribution in [0.25, 0.3) is 11.4 Å². The van der Waals surface area contributed by atoms with Crippen LogP contribution in [0.3, 0.4) is 0 Å². The maximum Gasteiger partial charge on any atom is 0.237 e. The second kappa shape index (κ2) is 8.52. The zero-order valence-electron chi connectivity index (χ0n) is 14.6. The quantitative estimate of drug-likeness (QED) is 0.331. The Bertz CT molecular complexity index is 1100. The van der Waals surface area contributed by atoms with E-state index < -0.39 is 34.3 Å². The predicted molar refractivity (Wildman–Crippen MR) is 106 cm³/mol. The fraction of sp³-hybridized carbons (Fsp3) is 0.118. The van der Waals surface area contributed by atoms with Crippen molar-refractivity contribution in [2.24, 2.45) is 0 Å². The number of hydrogen-bond donors (Lipinski definition) is 2. The molecule has 0 aliphatic rings. The first-order chi connectivity index (χ1) is 13.7. The Hall–Kier alpha value is -2.43. The maximum atomic E-state index is 13.7. The molecule has 0 radical (unpaired) electrons. The minimum atomic E-state index is -1.67. The number of halogens is 5. The van der Waals surface area contributed by atoms with Gasteiger partial charge in [0.2, 0.25) is 11.1 Å². The zero-order valence-corrected chi connectivity index (χ0v) is 16.9. The summed E-state index contributed by atoms with van der Waals surface area (Å²) < 4.78 is 41.2. The summed E-state index contributed by atoms with van der Waals surface area (Å²) in [5.41, 5.74) is -0.0380. The fourth-order valence-corrected chi connectivity index (χ4v) is 3.42. The second-order valence-corrected chi connectivity index (χ2v) is 7.92. The van der Waals surface area contributed by atoms with Gasteiger partial charge in [-0.05, 0) is 37.3 Å². The SMILES string of the molecule is CC(Sc1nnc(-c2cc(Cl)ccc2Cl)n1N)C(=O)Nc1ccc(F)c(F)c1F. The molecule has 1 amide bonds. The number of rotatable bonds is 5. The molecule has 0 saturated carbocycles. The van der Waals surface area contributed by atoms with E-state index in [2.05, 4.69) is 15.5 Å². The van der Waals surface area contributed by atoms with Gasteiger partial charge in [0.05, 0.1) is 16.0 Å². The monoisotopic (exact) mass is 461 g/mol. The molecular weight excluding hydrogens is 450 g/mol. The highest BCUT2D eigenvalue weighted by molar-refractivity contribution is 8.00. The molecule has 6 nitrogen and oxygen atoms in total. The van der Waals surface area contributed by atoms with Gasteiger partial charge >= 0.3 is 0 Å². The number of amides is 1. The molecule has 1 atom stereocenters. The predicted octanol–water partition coefficient (Wildman–Crippen LogP) is 4.50. The number of thioether (sulfide) groups is 1. The smallest absolute Gasteiger partial charge is 0.237 e. The molecule has 12 heteroatoms. The third-order valence-electron chi connectivity index (χ3n) is 3.78. The Morgan fingerprint density at radius 1 is 1.17 bits per heavy atom. The molecule has 0 saturated heterocycles. The van der Waals surface area contributed by atoms with E-state index in [-0.39, 0.29) is 11.0 Å². The fourth-order valence-electron chi connectivity index (χ4n) is 2.28. The molecule has 0 spiro atoms. The van der Waals surface area contributed by atoms with Crippen LogP contribution in [0.4, 0.5) is 18.9 Å². The Morgan fingerprint density at radius 3 is 2.62 bits per heavy atom. The van der Waals surface area contributed by atoms with Crippen molar-refractivity contribution >= 4 is 46.6 Å². The lowest BCUT2D eigenvalue weighted by Crippen LogP contribution is -2.24. The Balaban J connectivity index is 1.77. The van der Waals surface area contributed by atoms with E-state index in [4.69, 9.17) is 29.0 Å². The van der Waals surface area contributed by atoms with Gasteiger partial charge in [-0.3, -0.25) is 4.79 Å². The number of benzene rings is 2. The summed E-state index contributed by atoms with van der Waals surface area (Å²) in [6.45, 7) is 1.50. The number of anilines is 1. The topological polar surface area (TPSA) is 85.8 Å². The first kappa shape index (κ1) is 21.3. The number of nitrogens with two attached hydrogens (primary N) is 1. The van der Waals surface area contributed by atoms with E-state index in [1.165, 1.54) is 6.92 Å². The van der Waals surface area contributed by atoms with Gasteiger partial charge in [0, 0.05) is 10.6 Å². The number of nitrogens with one attached hydrogen (secondary N) is 1. The average molecular weight is 462 g/mol. The number of nitrogen functional groups attached to an aromatic ring is 1. The summed E-state index contributed by atoms with van der Waals surface area (Å²) in [7, 11) is 0. The van der Waals surface area contributed by atoms with Gasteiger partial charge in [-0.1, -0.05) is 35.0 Å². The van der Waals surface area contributed by atoms with Crippen molar-refractivity contribution in [1.29, 1.82) is 0 Å². The van der Waals surface area contributed by atoms with Crippen molar-refractivity contribution in [3.05, 3.63) is 57.8 Å². The number of carbonyl (C=O) groups is 1. The molecule has 3 aromatic rings. The van der Waals surface area contributed by atoms with Crippen molar-refractivity contribution in [2.45, 2.75) is 17.3 Å². The van der Waals surface area contributed by atoms with E-state index in [0.29, 0.717) is 21.7 Å². The van der Waals surface area contributed by atoms with E-state index in [1.54, 1.807) is 18.2 Å². The minimum absolute atomic E-state index is 0.171. The van der Waals surface area contributed by atoms with Crippen LogP contribution >= 0.6 is 35.0 Å². The van der Waals surface area contributed by atoms with E-state index in [0.717, 1.165) is 22.5 Å². The van der Waals surface area contributed by atoms with Crippen LogP contribution in [-0.2, 0) is 4.79 Å². The van der Waals surface area contributed by atoms with Crippen molar-refractivity contribution in [1.82, 2.24) is 14.9 Å². The summed E-state index contributed by atoms with van der Waals surface area (Å²) in [4.78, 5) is 12.3. The number of nitrogens with zero attached hydrogens (tertiary/aromatic N) is 3. The molecule has 1 heterocycles. The van der Waals surface area contributed by atoms with Gasteiger partial charge in [0.1, 0.15) is 0 Å². The number of carbonyl (C=O) groups excluding carboxylic acids is 1. The van der Waals surface area contributed by atoms with Crippen LogP contribution in [0.5, 0.6) is 0 Å². The third kappa shape index (κ3) is 4.44. The molecule has 3 N–H and O–H groups in total. The minimum Gasteiger partial charge on any atom is -0.335 e. The molecule has 1 unspecified atom stereocenters. The van der Waals surface area contributed by atoms with E-state index >= 15 is 0 Å². The zero-order chi connectivity index (χ0) is 21.3. The lowest BCUT2D eigenvalue weighted by molar-refractivity contribution is -0.115. The van der Waals surface area contributed by atoms with Gasteiger partial charge in [0.25, 0.3) is 0 Å². The molecule has 29 heavy (non-hydrogen) atoms. The first-order valence-corrected chi connectivity index (χ1v) is 9.59. The highest BCUT2D eigenvalue weighted by Gasteiger charge is 2.23. The number of hydrogen-bond acceptors (Lipinski definition) is 5. The van der Waals surface area contributed by atoms with Crippen LogP contribution in [-0.4, -0.2) is 26.0 Å². The standard InChI is InChI=1S/C17H12Cl2F3N5OS/c1-7(16(28)24-12-5-4-11(20)13(21)14(12)22)29-17-26-25-15(27(17)23)9-6-8(18)2-3-10(9)19/h2-7H,23H2,1H3,(H,24,28). The van der Waals surface area contributed by atoms with E-state index in [1.807, 2.05) is 0 Å². The molecule has 1 aromatic heterocycles. The van der Waals surface area contributed by atoms with Gasteiger partial charge in [-0.2, -0.15) is 0 Å². The summed E-state index contributed by atoms with van der Waals surface area (Å²) in [6.07, 6.45) is 0. The highest BCUT2D eigenvalue weighted by atomic mass is 35.5. The molecule has 3 rings (SSSR count). The molecule has 152 valence electrons. The van der Waals surface area contributed by atoms with Crippen molar-refractivity contribution in [2.75, 3.05) is 11.2 Å². The molecule has 0 bridgehead atoms. The lowest BCUT2D eigenvalue weighted by atomic mass is 10.2. The van der Waals surface area contributed by atoms with Gasteiger partial charge in [0.15, 0.2) is 23.3 Å². The van der Waals surface area contributed by atoms with Crippen LogP contribution in [0, 0.1) is 17.5 Å². The van der Waals surface area contributed by atoms with Crippen LogP contribution in [0.2, 0.25) is 10.0 Å². The van der Waals surface area contributed by atoms with Gasteiger partial charge < -0.3 is 11.2 Å². The average Bonchev–Trinajstić information content (AvgIpc) is 3.04. The van der Waals surface area contributed by atoms with Crippen LogP contribution < -0.4 is 11.2 Å². The van der Waals surface area contributed by atoms with Crippen LogP contribution in [0.15, 0.2) is 35.5 Å². The number of aromatic nitrogens is 3.